The monoisotopic (exact) mass is 670 g/mol. The van der Waals surface area contributed by atoms with E-state index < -0.39 is 17.6 Å². The summed E-state index contributed by atoms with van der Waals surface area (Å²) >= 11 is 0. The van der Waals surface area contributed by atoms with Gasteiger partial charge in [0.25, 0.3) is 5.91 Å². The highest BCUT2D eigenvalue weighted by Gasteiger charge is 2.50. The molecule has 1 saturated heterocycles. The van der Waals surface area contributed by atoms with E-state index in [-0.39, 0.29) is 30.0 Å². The third-order valence-electron chi connectivity index (χ3n) is 5.37. The third kappa shape index (κ3) is 27.1. The quantitative estimate of drug-likeness (QED) is 0.0315. The highest BCUT2D eigenvalue weighted by molar-refractivity contribution is 5.97. The lowest BCUT2D eigenvalue weighted by Crippen LogP contribution is -2.48. The second-order valence-corrected chi connectivity index (χ2v) is 9.25. The van der Waals surface area contributed by atoms with Crippen molar-refractivity contribution in [2.75, 3.05) is 48.2 Å². The summed E-state index contributed by atoms with van der Waals surface area (Å²) in [6, 6.07) is -0.788. The summed E-state index contributed by atoms with van der Waals surface area (Å²) in [4.78, 5) is 51.3. The van der Waals surface area contributed by atoms with Crippen LogP contribution in [0.15, 0.2) is 52.9 Å². The Hall–Kier alpha value is -3.81. The number of ether oxygens (including phenoxy) is 4. The van der Waals surface area contributed by atoms with Crippen LogP contribution in [0.4, 0.5) is 0 Å². The fourth-order valence-corrected chi connectivity index (χ4v) is 2.98. The Morgan fingerprint density at radius 1 is 0.979 bits per heavy atom. The van der Waals surface area contributed by atoms with Gasteiger partial charge in [-0.25, -0.2) is 0 Å². The van der Waals surface area contributed by atoms with Crippen molar-refractivity contribution in [3.63, 3.8) is 0 Å². The van der Waals surface area contributed by atoms with Crippen molar-refractivity contribution in [3.05, 3.63) is 47.8 Å². The number of hydrogen-bond donors (Lipinski definition) is 3. The molecule has 1 unspecified atom stereocenters. The van der Waals surface area contributed by atoms with E-state index in [1.165, 1.54) is 13.2 Å². The molecule has 47 heavy (non-hydrogen) atoms. The maximum Gasteiger partial charge on any atom is 0.289 e. The molecule has 3 N–H and O–H groups in total. The number of rotatable bonds is 16. The summed E-state index contributed by atoms with van der Waals surface area (Å²) in [5.74, 6) is -0.459. The first-order valence-corrected chi connectivity index (χ1v) is 15.6. The Bertz CT molecular complexity index is 1000. The van der Waals surface area contributed by atoms with Crippen LogP contribution in [0.25, 0.3) is 0 Å². The van der Waals surface area contributed by atoms with Crippen LogP contribution in [0.1, 0.15) is 75.7 Å². The summed E-state index contributed by atoms with van der Waals surface area (Å²) in [7, 11) is 6.29. The Morgan fingerprint density at radius 2 is 1.55 bits per heavy atom. The molecule has 0 aromatic heterocycles. The number of allylic oxidation sites excluding steroid dienone is 6. The van der Waals surface area contributed by atoms with Crippen LogP contribution in [-0.2, 0) is 43.0 Å². The van der Waals surface area contributed by atoms with Gasteiger partial charge in [0.15, 0.2) is 5.78 Å². The molecule has 0 bridgehead atoms. The highest BCUT2D eigenvalue weighted by atomic mass is 16.7. The van der Waals surface area contributed by atoms with Gasteiger partial charge >= 0.3 is 0 Å². The maximum atomic E-state index is 12.5. The zero-order valence-corrected chi connectivity index (χ0v) is 31.1. The number of hydrogen-bond acceptors (Lipinski definition) is 10. The molecular weight excluding hydrogens is 608 g/mol. The number of nitrogens with zero attached hydrogens (tertiary/aromatic N) is 1. The van der Waals surface area contributed by atoms with E-state index in [4.69, 9.17) is 19.0 Å². The first-order chi connectivity index (χ1) is 22.4. The van der Waals surface area contributed by atoms with E-state index in [0.29, 0.717) is 31.9 Å². The molecular formula is C34H62N4O9. The predicted octanol–water partition coefficient (Wildman–Crippen LogP) is 4.40. The number of ketones is 1. The minimum Gasteiger partial charge on any atom is -0.482 e. The van der Waals surface area contributed by atoms with Crippen LogP contribution >= 0.6 is 0 Å². The summed E-state index contributed by atoms with van der Waals surface area (Å²) in [6.07, 6.45) is 11.8. The van der Waals surface area contributed by atoms with Crippen molar-refractivity contribution < 1.29 is 43.0 Å². The van der Waals surface area contributed by atoms with Gasteiger partial charge in [-0.2, -0.15) is 0 Å². The van der Waals surface area contributed by atoms with Gasteiger partial charge in [-0.05, 0) is 57.8 Å². The lowest BCUT2D eigenvalue weighted by molar-refractivity contribution is -0.130. The average Bonchev–Trinajstić information content (AvgIpc) is 3.83. The molecule has 0 spiro atoms. The second kappa shape index (κ2) is 33.6. The molecule has 13 nitrogen and oxygen atoms in total. The largest absolute Gasteiger partial charge is 0.482 e. The molecule has 0 aliphatic carbocycles. The molecule has 3 amide bonds. The van der Waals surface area contributed by atoms with Crippen molar-refractivity contribution >= 4 is 29.9 Å². The van der Waals surface area contributed by atoms with Crippen molar-refractivity contribution in [2.24, 2.45) is 5.16 Å². The number of oxime groups is 1. The van der Waals surface area contributed by atoms with Crippen molar-refractivity contribution in [1.82, 2.24) is 16.0 Å². The minimum absolute atomic E-state index is 0.0986. The lowest BCUT2D eigenvalue weighted by atomic mass is 9.94. The van der Waals surface area contributed by atoms with Crippen molar-refractivity contribution in [1.29, 1.82) is 0 Å². The number of Topliss-reactive ketones (excluding diaryl/α,β-unsaturated/α-hetero) is 1. The fraction of sp³-hybridized carbons (Fsp3) is 0.618. The summed E-state index contributed by atoms with van der Waals surface area (Å²) in [6.45, 7) is 19.3. The molecule has 13 heteroatoms. The maximum absolute atomic E-state index is 12.5. The van der Waals surface area contributed by atoms with Gasteiger partial charge in [0.2, 0.25) is 24.0 Å². The predicted molar refractivity (Wildman–Crippen MR) is 188 cm³/mol. The zero-order valence-electron chi connectivity index (χ0n) is 31.1. The van der Waals surface area contributed by atoms with E-state index in [9.17, 15) is 19.2 Å². The minimum atomic E-state index is -0.818. The smallest absolute Gasteiger partial charge is 0.289 e. The molecule has 272 valence electrons. The molecule has 1 aliphatic heterocycles. The fourth-order valence-electron chi connectivity index (χ4n) is 2.98. The molecule has 0 aromatic rings. The van der Waals surface area contributed by atoms with E-state index >= 15 is 0 Å². The second-order valence-electron chi connectivity index (χ2n) is 9.25. The van der Waals surface area contributed by atoms with E-state index in [2.05, 4.69) is 25.8 Å². The summed E-state index contributed by atoms with van der Waals surface area (Å²) in [5.41, 5.74) is 0.108. The van der Waals surface area contributed by atoms with E-state index in [0.717, 1.165) is 5.57 Å². The Labute approximate surface area is 283 Å². The topological polar surface area (TPSA) is 166 Å². The lowest BCUT2D eigenvalue weighted by Gasteiger charge is -2.20. The first kappa shape index (κ1) is 50.1. The number of methoxy groups -OCH3 is 3. The zero-order chi connectivity index (χ0) is 37.3. The summed E-state index contributed by atoms with van der Waals surface area (Å²) in [5, 5.41) is 11.3. The highest BCUT2D eigenvalue weighted by Crippen LogP contribution is 2.29. The number of carbonyl (C=O) groups is 4. The van der Waals surface area contributed by atoms with E-state index in [1.807, 2.05) is 78.8 Å². The molecule has 0 radical (unpaired) electrons. The van der Waals surface area contributed by atoms with Crippen molar-refractivity contribution in [3.8, 4) is 0 Å². The standard InChI is InChI=1S/C17H24N2O4.C11H20N2O4.C2H6O.2C2H6/c1-4-6-7-8-13(5-2)9-14(16(22)17(3)11-23-17)19-15(21)10-18-12-20;1-6-10(17-13-9(3)16-5)11(14)12-8(2)7-15-4;1-3-2;2*1-2/h4-8,12,14H,9-11H2,1-3H3,(H,18,20)(H,19,21);6,8H,7H2,1-5H3,(H,12,14);1-2H3;2*1-2H3/b6-4-,8-7-,13-5+;10-6-,13-9+;;;/t14-,17+;;;;/m0..../s1. The van der Waals surface area contributed by atoms with Gasteiger partial charge in [-0.1, -0.05) is 58.1 Å². The molecule has 1 heterocycles. The molecule has 1 fully saturated rings. The van der Waals surface area contributed by atoms with Crippen LogP contribution in [0.5, 0.6) is 0 Å². The number of nitrogens with one attached hydrogen (secondary N) is 3. The molecule has 1 aliphatic rings. The number of carbonyl (C=O) groups excluding carboxylic acids is 4. The number of epoxide rings is 1. The van der Waals surface area contributed by atoms with Gasteiger partial charge in [0.05, 0.1) is 32.9 Å². The van der Waals surface area contributed by atoms with Crippen LogP contribution < -0.4 is 16.0 Å². The Kier molecular flexibility index (Phi) is 35.7. The van der Waals surface area contributed by atoms with Gasteiger partial charge < -0.3 is 39.7 Å². The van der Waals surface area contributed by atoms with Crippen molar-refractivity contribution in [2.45, 2.75) is 93.3 Å². The molecule has 3 atom stereocenters. The number of amides is 3. The van der Waals surface area contributed by atoms with Gasteiger partial charge in [0.1, 0.15) is 5.60 Å². The molecule has 0 saturated carbocycles. The van der Waals surface area contributed by atoms with Gasteiger partial charge in [-0.15, -0.1) is 0 Å². The normalized spacial score (nSPS) is 16.6. The Morgan fingerprint density at radius 3 is 1.98 bits per heavy atom. The Balaban J connectivity index is -0.000000340. The summed E-state index contributed by atoms with van der Waals surface area (Å²) < 4.78 is 19.1. The van der Waals surface area contributed by atoms with E-state index in [1.54, 1.807) is 42.1 Å². The molecule has 1 rings (SSSR count). The van der Waals surface area contributed by atoms with Crippen LogP contribution in [0.2, 0.25) is 0 Å². The van der Waals surface area contributed by atoms with Gasteiger partial charge in [0, 0.05) is 34.3 Å². The third-order valence-corrected chi connectivity index (χ3v) is 5.37. The first-order valence-electron chi connectivity index (χ1n) is 15.6. The van der Waals surface area contributed by atoms with Gasteiger partial charge in [-0.3, -0.25) is 19.2 Å². The van der Waals surface area contributed by atoms with Crippen LogP contribution in [0, 0.1) is 0 Å². The average molecular weight is 671 g/mol. The molecule has 0 aromatic carbocycles. The SMILES string of the molecule is C/C=C(\O/N=C(\C)OC)C(=O)NC(C)COC.CC.CC.COC.C\C=C/C=C\C(=C/C)C[C@H](NC(=O)CNC=O)C(=O)[C@@]1(C)CO1. The van der Waals surface area contributed by atoms with Crippen LogP contribution in [0.3, 0.4) is 0 Å². The van der Waals surface area contributed by atoms with Crippen LogP contribution in [-0.4, -0.2) is 95.8 Å².